The van der Waals surface area contributed by atoms with Gasteiger partial charge < -0.3 is 14.8 Å². The molecule has 1 aliphatic heterocycles. The van der Waals surface area contributed by atoms with Gasteiger partial charge in [-0.2, -0.15) is 0 Å². The normalized spacial score (nSPS) is 16.8. The molecule has 0 spiro atoms. The van der Waals surface area contributed by atoms with Gasteiger partial charge in [-0.05, 0) is 53.8 Å². The predicted molar refractivity (Wildman–Crippen MR) is 154 cm³/mol. The zero-order valence-electron chi connectivity index (χ0n) is 24.0. The number of ether oxygens (including phenoxy) is 1. The second kappa shape index (κ2) is 10.5. The van der Waals surface area contributed by atoms with Crippen molar-refractivity contribution in [2.75, 3.05) is 6.54 Å². The summed E-state index contributed by atoms with van der Waals surface area (Å²) in [6, 6.07) is 13.5. The minimum absolute atomic E-state index is 0.0344. The van der Waals surface area contributed by atoms with Gasteiger partial charge in [0, 0.05) is 44.1 Å². The average Bonchev–Trinajstić information content (AvgIpc) is 3.15. The van der Waals surface area contributed by atoms with Crippen LogP contribution < -0.4 is 10.3 Å². The van der Waals surface area contributed by atoms with E-state index in [1.807, 2.05) is 32.2 Å². The molecule has 3 heterocycles. The Morgan fingerprint density at radius 2 is 1.95 bits per heavy atom. The minimum Gasteiger partial charge on any atom is -0.487 e. The minimum atomic E-state index is -0.857. The number of carboxylic acids is 1. The molecule has 1 aliphatic rings. The van der Waals surface area contributed by atoms with Crippen molar-refractivity contribution in [2.45, 2.75) is 66.2 Å². The van der Waals surface area contributed by atoms with E-state index >= 15 is 0 Å². The number of rotatable bonds is 6. The predicted octanol–water partition coefficient (Wildman–Crippen LogP) is 4.69. The van der Waals surface area contributed by atoms with Crippen LogP contribution in [0.3, 0.4) is 0 Å². The first-order valence-corrected chi connectivity index (χ1v) is 13.6. The van der Waals surface area contributed by atoms with Crippen molar-refractivity contribution in [1.29, 1.82) is 0 Å². The molecule has 9 nitrogen and oxygen atoms in total. The van der Waals surface area contributed by atoms with E-state index in [4.69, 9.17) is 4.74 Å². The van der Waals surface area contributed by atoms with Crippen LogP contribution in [0.15, 0.2) is 47.3 Å². The molecule has 5 rings (SSSR count). The molecule has 0 radical (unpaired) electrons. The van der Waals surface area contributed by atoms with Crippen LogP contribution in [0.25, 0.3) is 11.0 Å². The van der Waals surface area contributed by atoms with Gasteiger partial charge in [-0.25, -0.2) is 4.68 Å². The van der Waals surface area contributed by atoms with Crippen molar-refractivity contribution in [2.24, 2.45) is 12.5 Å². The highest BCUT2D eigenvalue weighted by Crippen LogP contribution is 2.35. The maximum absolute atomic E-state index is 12.1. The first kappa shape index (κ1) is 27.6. The lowest BCUT2D eigenvalue weighted by atomic mass is 9.84. The molecule has 2 N–H and O–H groups in total. The Labute approximate surface area is 233 Å². The van der Waals surface area contributed by atoms with E-state index in [0.29, 0.717) is 25.4 Å². The van der Waals surface area contributed by atoms with E-state index in [0.717, 1.165) is 44.5 Å². The highest BCUT2D eigenvalue weighted by atomic mass is 16.5. The van der Waals surface area contributed by atoms with E-state index in [1.165, 1.54) is 6.07 Å². The number of carbonyl (C=O) groups is 1. The van der Waals surface area contributed by atoms with Crippen molar-refractivity contribution in [3.63, 3.8) is 0 Å². The second-order valence-electron chi connectivity index (χ2n) is 12.0. The lowest BCUT2D eigenvalue weighted by Crippen LogP contribution is -2.41. The topological polar surface area (TPSA) is 113 Å². The molecule has 0 aliphatic carbocycles. The van der Waals surface area contributed by atoms with Crippen LogP contribution in [0.1, 0.15) is 66.6 Å². The summed E-state index contributed by atoms with van der Waals surface area (Å²) in [5.41, 5.74) is 7.26. The van der Waals surface area contributed by atoms with Gasteiger partial charge in [0.05, 0.1) is 17.6 Å². The van der Waals surface area contributed by atoms with Gasteiger partial charge in [-0.3, -0.25) is 14.5 Å². The lowest BCUT2D eigenvalue weighted by Gasteiger charge is -2.33. The summed E-state index contributed by atoms with van der Waals surface area (Å²) in [4.78, 5) is 29.4. The fourth-order valence-corrected chi connectivity index (χ4v) is 5.54. The maximum Gasteiger partial charge on any atom is 0.304 e. The van der Waals surface area contributed by atoms with E-state index in [1.54, 1.807) is 10.7 Å². The Kier molecular flexibility index (Phi) is 7.27. The molecule has 40 heavy (non-hydrogen) atoms. The zero-order chi connectivity index (χ0) is 28.8. The number of aryl methyl sites for hydroxylation is 3. The number of H-pyrrole nitrogens is 1. The number of carboxylic acid groups (broad SMARTS) is 1. The molecule has 0 saturated heterocycles. The van der Waals surface area contributed by atoms with Crippen LogP contribution in [0.5, 0.6) is 5.75 Å². The van der Waals surface area contributed by atoms with Gasteiger partial charge in [0.2, 0.25) is 5.56 Å². The zero-order valence-corrected chi connectivity index (χ0v) is 24.0. The van der Waals surface area contributed by atoms with Gasteiger partial charge in [-0.15, -0.1) is 5.10 Å². The van der Waals surface area contributed by atoms with E-state index in [2.05, 4.69) is 60.0 Å². The number of aromatic amines is 1. The Morgan fingerprint density at radius 1 is 1.18 bits per heavy atom. The molecular formula is C31H37N5O4. The van der Waals surface area contributed by atoms with Crippen LogP contribution in [0.4, 0.5) is 0 Å². The number of fused-ring (bicyclic) bond motifs is 2. The third kappa shape index (κ3) is 5.51. The van der Waals surface area contributed by atoms with Gasteiger partial charge in [0.25, 0.3) is 0 Å². The largest absolute Gasteiger partial charge is 0.487 e. The molecule has 0 saturated carbocycles. The van der Waals surface area contributed by atoms with Gasteiger partial charge >= 0.3 is 5.97 Å². The molecule has 2 atom stereocenters. The second-order valence-corrected chi connectivity index (χ2v) is 12.0. The van der Waals surface area contributed by atoms with Crippen LogP contribution in [0.2, 0.25) is 0 Å². The van der Waals surface area contributed by atoms with Crippen molar-refractivity contribution >= 4 is 17.0 Å². The molecule has 1 unspecified atom stereocenters. The Hall–Kier alpha value is -3.98. The summed E-state index contributed by atoms with van der Waals surface area (Å²) in [5, 5.41) is 18.3. The van der Waals surface area contributed by atoms with Crippen molar-refractivity contribution < 1.29 is 14.6 Å². The Morgan fingerprint density at radius 3 is 2.67 bits per heavy atom. The Balaban J connectivity index is 1.52. The van der Waals surface area contributed by atoms with Crippen molar-refractivity contribution in [1.82, 2.24) is 24.9 Å². The molecule has 2 aromatic carbocycles. The fourth-order valence-electron chi connectivity index (χ4n) is 5.54. The van der Waals surface area contributed by atoms with Crippen LogP contribution in [-0.4, -0.2) is 48.6 Å². The first-order chi connectivity index (χ1) is 18.9. The van der Waals surface area contributed by atoms with Crippen LogP contribution in [0, 0.1) is 19.3 Å². The standard InChI is InChI=1S/C31H37N5O4/c1-18-7-8-20(23(14-29(38)39)22-9-10-25-30(19(22)2)33-34-35(25)6)13-21(18)15-36-16-24-26(11-12-28(37)32-24)40-27(17-36)31(3,4)5/h7-13,23,27H,14-17H2,1-6H3,(H,32,37)(H,38,39)/t23-,27?/m1/s1. The number of hydrogen-bond acceptors (Lipinski definition) is 6. The van der Waals surface area contributed by atoms with Gasteiger partial charge in [0.15, 0.2) is 0 Å². The molecule has 210 valence electrons. The highest BCUT2D eigenvalue weighted by molar-refractivity contribution is 5.80. The number of hydrogen-bond donors (Lipinski definition) is 2. The number of aliphatic carboxylic acids is 1. The van der Waals surface area contributed by atoms with Crippen LogP contribution >= 0.6 is 0 Å². The summed E-state index contributed by atoms with van der Waals surface area (Å²) in [5.74, 6) is -0.483. The molecule has 0 amide bonds. The summed E-state index contributed by atoms with van der Waals surface area (Å²) in [6.45, 7) is 12.4. The molecule has 0 bridgehead atoms. The number of nitrogens with one attached hydrogen (secondary N) is 1. The summed E-state index contributed by atoms with van der Waals surface area (Å²) >= 11 is 0. The smallest absolute Gasteiger partial charge is 0.304 e. The van der Waals surface area contributed by atoms with Crippen molar-refractivity contribution in [3.05, 3.63) is 86.3 Å². The molecule has 9 heteroatoms. The SMILES string of the molecule is Cc1ccc([C@@H](CC(=O)O)c2ccc3c(nnn3C)c2C)cc1CN1Cc2[nH]c(=O)ccc2OC(C(C)(C)C)C1. The van der Waals surface area contributed by atoms with Crippen LogP contribution in [-0.2, 0) is 24.9 Å². The van der Waals surface area contributed by atoms with Gasteiger partial charge in [0.1, 0.15) is 17.4 Å². The van der Waals surface area contributed by atoms with E-state index < -0.39 is 5.97 Å². The molecule has 4 aromatic rings. The lowest BCUT2D eigenvalue weighted by molar-refractivity contribution is -0.137. The van der Waals surface area contributed by atoms with Crippen molar-refractivity contribution in [3.8, 4) is 5.75 Å². The molecule has 0 fully saturated rings. The maximum atomic E-state index is 12.1. The molecular weight excluding hydrogens is 506 g/mol. The fraction of sp³-hybridized carbons (Fsp3) is 0.419. The monoisotopic (exact) mass is 543 g/mol. The summed E-state index contributed by atoms with van der Waals surface area (Å²) in [6.07, 6.45) is -0.114. The summed E-state index contributed by atoms with van der Waals surface area (Å²) < 4.78 is 8.12. The first-order valence-electron chi connectivity index (χ1n) is 13.6. The summed E-state index contributed by atoms with van der Waals surface area (Å²) in [7, 11) is 1.85. The Bertz CT molecular complexity index is 1630. The van der Waals surface area contributed by atoms with E-state index in [9.17, 15) is 14.7 Å². The number of nitrogens with zero attached hydrogens (tertiary/aromatic N) is 4. The number of pyridine rings is 1. The number of aromatic nitrogens is 4. The van der Waals surface area contributed by atoms with E-state index in [-0.39, 0.29) is 29.4 Å². The van der Waals surface area contributed by atoms with Gasteiger partial charge in [-0.1, -0.05) is 50.3 Å². The quantitative estimate of drug-likeness (QED) is 0.363. The highest BCUT2D eigenvalue weighted by Gasteiger charge is 2.33. The third-order valence-electron chi connectivity index (χ3n) is 8.00. The third-order valence-corrected chi connectivity index (χ3v) is 8.00. The molecule has 2 aromatic heterocycles. The number of benzene rings is 2. The average molecular weight is 544 g/mol.